The number of aromatic nitrogens is 3. The third-order valence-corrected chi connectivity index (χ3v) is 5.34. The molecule has 3 aromatic heterocycles. The van der Waals surface area contributed by atoms with Gasteiger partial charge in [-0.1, -0.05) is 64.5 Å². The first kappa shape index (κ1) is 16.1. The van der Waals surface area contributed by atoms with Crippen molar-refractivity contribution in [2.75, 3.05) is 0 Å². The van der Waals surface area contributed by atoms with Gasteiger partial charge in [0.1, 0.15) is 0 Å². The number of benzene rings is 2. The number of rotatable bonds is 2. The molecule has 0 spiro atoms. The second-order valence-electron chi connectivity index (χ2n) is 6.29. The number of hydrogen-bond acceptors (Lipinski definition) is 3. The van der Waals surface area contributed by atoms with Crippen molar-refractivity contribution < 1.29 is 0 Å². The highest BCUT2D eigenvalue weighted by Crippen LogP contribution is 2.35. The lowest BCUT2D eigenvalue weighted by Crippen LogP contribution is -1.93. The molecule has 2 aromatic carbocycles. The van der Waals surface area contributed by atoms with Crippen LogP contribution in [0.3, 0.4) is 0 Å². The first-order valence-electron chi connectivity index (χ1n) is 8.66. The van der Waals surface area contributed by atoms with Crippen molar-refractivity contribution in [2.45, 2.75) is 0 Å². The van der Waals surface area contributed by atoms with Crippen molar-refractivity contribution in [3.05, 3.63) is 89.7 Å². The lowest BCUT2D eigenvalue weighted by molar-refractivity contribution is 1.27. The van der Waals surface area contributed by atoms with E-state index in [1.807, 2.05) is 36.5 Å². The van der Waals surface area contributed by atoms with Gasteiger partial charge < -0.3 is 0 Å². The van der Waals surface area contributed by atoms with E-state index in [1.165, 1.54) is 0 Å². The summed E-state index contributed by atoms with van der Waals surface area (Å²) in [6, 6.07) is 24.5. The van der Waals surface area contributed by atoms with Gasteiger partial charge in [-0.3, -0.25) is 9.97 Å². The fraction of sp³-hybridized carbons (Fsp3) is 0. The minimum atomic E-state index is 0.844. The van der Waals surface area contributed by atoms with E-state index in [0.717, 1.165) is 48.8 Å². The van der Waals surface area contributed by atoms with Gasteiger partial charge in [-0.2, -0.15) is 0 Å². The summed E-state index contributed by atoms with van der Waals surface area (Å²) in [6.45, 7) is 0. The monoisotopic (exact) mass is 411 g/mol. The Hall–Kier alpha value is -3.11. The van der Waals surface area contributed by atoms with Crippen LogP contribution in [0.4, 0.5) is 0 Å². The van der Waals surface area contributed by atoms with Crippen molar-refractivity contribution in [1.82, 2.24) is 15.0 Å². The van der Waals surface area contributed by atoms with Crippen molar-refractivity contribution in [1.29, 1.82) is 0 Å². The van der Waals surface area contributed by atoms with E-state index >= 15 is 0 Å². The summed E-state index contributed by atoms with van der Waals surface area (Å²) < 4.78 is 1.01. The predicted octanol–water partition coefficient (Wildman–Crippen LogP) is 6.27. The lowest BCUT2D eigenvalue weighted by Gasteiger charge is -2.12. The Labute approximate surface area is 164 Å². The predicted molar refractivity (Wildman–Crippen MR) is 113 cm³/mol. The molecule has 0 bridgehead atoms. The highest BCUT2D eigenvalue weighted by Gasteiger charge is 2.14. The van der Waals surface area contributed by atoms with Crippen LogP contribution in [0, 0.1) is 0 Å². The molecule has 27 heavy (non-hydrogen) atoms. The molecule has 0 saturated heterocycles. The lowest BCUT2D eigenvalue weighted by atomic mass is 9.98. The summed E-state index contributed by atoms with van der Waals surface area (Å²) in [6.07, 6.45) is 3.60. The van der Waals surface area contributed by atoms with Crippen LogP contribution in [0.25, 0.3) is 44.3 Å². The molecule has 0 N–H and O–H groups in total. The number of pyridine rings is 3. The van der Waals surface area contributed by atoms with Crippen molar-refractivity contribution in [2.24, 2.45) is 0 Å². The molecule has 0 amide bonds. The minimum absolute atomic E-state index is 0.844. The summed E-state index contributed by atoms with van der Waals surface area (Å²) >= 11 is 3.63. The van der Waals surface area contributed by atoms with Crippen molar-refractivity contribution >= 4 is 37.7 Å². The maximum absolute atomic E-state index is 4.96. The fourth-order valence-corrected chi connectivity index (χ4v) is 3.81. The molecule has 0 atom stereocenters. The Morgan fingerprint density at radius 3 is 2.26 bits per heavy atom. The van der Waals surface area contributed by atoms with Gasteiger partial charge in [0.25, 0.3) is 0 Å². The number of halogens is 1. The quantitative estimate of drug-likeness (QED) is 0.321. The molecule has 128 valence electrons. The first-order valence-corrected chi connectivity index (χ1v) is 9.45. The topological polar surface area (TPSA) is 38.7 Å². The first-order chi connectivity index (χ1) is 13.3. The summed E-state index contributed by atoms with van der Waals surface area (Å²) in [5, 5.41) is 2.13. The standard InChI is InChI=1S/C23H14BrN3/c24-19-11-13-26-22-17(19)10-9-16-18(15-6-2-1-3-7-15)14-21(27-23(16)22)20-8-4-5-12-25-20/h1-14H. The molecule has 0 aliphatic heterocycles. The zero-order valence-electron chi connectivity index (χ0n) is 14.3. The maximum Gasteiger partial charge on any atom is 0.0979 e. The van der Waals surface area contributed by atoms with Gasteiger partial charge in [-0.15, -0.1) is 0 Å². The molecule has 0 saturated carbocycles. The molecular weight excluding hydrogens is 398 g/mol. The van der Waals surface area contributed by atoms with E-state index in [9.17, 15) is 0 Å². The van der Waals surface area contributed by atoms with Gasteiger partial charge in [-0.25, -0.2) is 4.98 Å². The number of hydrogen-bond donors (Lipinski definition) is 0. The van der Waals surface area contributed by atoms with Crippen LogP contribution in [-0.2, 0) is 0 Å². The van der Waals surface area contributed by atoms with Gasteiger partial charge in [-0.05, 0) is 35.4 Å². The van der Waals surface area contributed by atoms with Gasteiger partial charge in [0.15, 0.2) is 0 Å². The van der Waals surface area contributed by atoms with E-state index in [4.69, 9.17) is 4.98 Å². The smallest absolute Gasteiger partial charge is 0.0979 e. The molecule has 3 heterocycles. The van der Waals surface area contributed by atoms with E-state index in [2.05, 4.69) is 68.4 Å². The second kappa shape index (κ2) is 6.56. The van der Waals surface area contributed by atoms with E-state index in [0.29, 0.717) is 0 Å². The van der Waals surface area contributed by atoms with Crippen LogP contribution >= 0.6 is 15.9 Å². The summed E-state index contributed by atoms with van der Waals surface area (Å²) in [5.74, 6) is 0. The van der Waals surface area contributed by atoms with E-state index < -0.39 is 0 Å². The normalized spacial score (nSPS) is 11.1. The van der Waals surface area contributed by atoms with Gasteiger partial charge in [0, 0.05) is 27.6 Å². The van der Waals surface area contributed by atoms with Crippen LogP contribution in [0.2, 0.25) is 0 Å². The van der Waals surface area contributed by atoms with Crippen molar-refractivity contribution in [3.8, 4) is 22.5 Å². The SMILES string of the molecule is Brc1ccnc2c1ccc1c(-c3ccccc3)cc(-c3ccccn3)nc12. The van der Waals surface area contributed by atoms with Gasteiger partial charge >= 0.3 is 0 Å². The van der Waals surface area contributed by atoms with Crippen molar-refractivity contribution in [3.63, 3.8) is 0 Å². The Kier molecular flexibility index (Phi) is 3.91. The Bertz CT molecular complexity index is 1270. The maximum atomic E-state index is 4.96. The molecule has 0 radical (unpaired) electrons. The third-order valence-electron chi connectivity index (χ3n) is 4.65. The van der Waals surface area contributed by atoms with Crippen LogP contribution in [0.1, 0.15) is 0 Å². The molecule has 0 aliphatic rings. The highest BCUT2D eigenvalue weighted by molar-refractivity contribution is 9.10. The zero-order chi connectivity index (χ0) is 18.2. The number of fused-ring (bicyclic) bond motifs is 3. The molecule has 5 aromatic rings. The van der Waals surface area contributed by atoms with Crippen LogP contribution in [0.15, 0.2) is 89.7 Å². The molecule has 0 unspecified atom stereocenters. The molecule has 4 heteroatoms. The largest absolute Gasteiger partial charge is 0.255 e. The molecule has 3 nitrogen and oxygen atoms in total. The third kappa shape index (κ3) is 2.78. The van der Waals surface area contributed by atoms with Gasteiger partial charge in [0.05, 0.1) is 22.4 Å². The van der Waals surface area contributed by atoms with Gasteiger partial charge in [0.2, 0.25) is 0 Å². The average Bonchev–Trinajstić information content (AvgIpc) is 2.74. The summed E-state index contributed by atoms with van der Waals surface area (Å²) in [5.41, 5.74) is 5.74. The Morgan fingerprint density at radius 2 is 1.44 bits per heavy atom. The molecule has 0 fully saturated rings. The summed E-state index contributed by atoms with van der Waals surface area (Å²) in [4.78, 5) is 14.1. The second-order valence-corrected chi connectivity index (χ2v) is 7.14. The minimum Gasteiger partial charge on any atom is -0.255 e. The Balaban J connectivity index is 1.93. The van der Waals surface area contributed by atoms with Crippen LogP contribution in [-0.4, -0.2) is 15.0 Å². The van der Waals surface area contributed by atoms with E-state index in [1.54, 1.807) is 6.20 Å². The number of nitrogens with zero attached hydrogens (tertiary/aromatic N) is 3. The highest BCUT2D eigenvalue weighted by atomic mass is 79.9. The fourth-order valence-electron chi connectivity index (χ4n) is 3.37. The van der Waals surface area contributed by atoms with E-state index in [-0.39, 0.29) is 0 Å². The summed E-state index contributed by atoms with van der Waals surface area (Å²) in [7, 11) is 0. The van der Waals surface area contributed by atoms with Crippen LogP contribution < -0.4 is 0 Å². The molecule has 0 aliphatic carbocycles. The average molecular weight is 412 g/mol. The Morgan fingerprint density at radius 1 is 0.630 bits per heavy atom. The molecular formula is C23H14BrN3. The zero-order valence-corrected chi connectivity index (χ0v) is 15.9. The molecule has 5 rings (SSSR count). The van der Waals surface area contributed by atoms with Crippen LogP contribution in [0.5, 0.6) is 0 Å².